The molecule has 0 radical (unpaired) electrons. The van der Waals surface area contributed by atoms with Gasteiger partial charge < -0.3 is 19.5 Å². The maximum absolute atomic E-state index is 12.1. The Morgan fingerprint density at radius 2 is 1.62 bits per heavy atom. The van der Waals surface area contributed by atoms with E-state index in [4.69, 9.17) is 14.2 Å². The van der Waals surface area contributed by atoms with Gasteiger partial charge in [0.1, 0.15) is 18.0 Å². The van der Waals surface area contributed by atoms with Gasteiger partial charge in [-0.25, -0.2) is 4.79 Å². The van der Waals surface area contributed by atoms with Crippen molar-refractivity contribution in [1.82, 2.24) is 5.32 Å². The number of carbonyl (C=O) groups excluding carboxylic acids is 2. The summed E-state index contributed by atoms with van der Waals surface area (Å²) in [5.41, 5.74) is 1.44. The van der Waals surface area contributed by atoms with E-state index in [2.05, 4.69) is 5.32 Å². The average molecular weight is 399 g/mol. The van der Waals surface area contributed by atoms with Gasteiger partial charge in [0.15, 0.2) is 0 Å². The van der Waals surface area contributed by atoms with Gasteiger partial charge in [-0.2, -0.15) is 0 Å². The Labute approximate surface area is 172 Å². The largest absolute Gasteiger partial charge is 0.489 e. The standard InChI is InChI=1S/C23H29NO5/c1-23(2,3)29-22(26)24-19(15-21(25)27-4)14-17-10-12-20(13-11-17)28-16-18-8-6-5-7-9-18/h5-13,19H,14-16H2,1-4H3,(H,24,26)/t19-/m0/s1. The van der Waals surface area contributed by atoms with Crippen molar-refractivity contribution in [3.63, 3.8) is 0 Å². The molecule has 29 heavy (non-hydrogen) atoms. The molecule has 156 valence electrons. The first-order valence-electron chi connectivity index (χ1n) is 9.57. The number of ether oxygens (including phenoxy) is 3. The minimum Gasteiger partial charge on any atom is -0.489 e. The van der Waals surface area contributed by atoms with Gasteiger partial charge in [0, 0.05) is 6.04 Å². The van der Waals surface area contributed by atoms with Gasteiger partial charge in [0.2, 0.25) is 0 Å². The SMILES string of the molecule is COC(=O)C[C@H](Cc1ccc(OCc2ccccc2)cc1)NC(=O)OC(C)(C)C. The summed E-state index contributed by atoms with van der Waals surface area (Å²) in [6, 6.07) is 17.1. The molecule has 0 spiro atoms. The highest BCUT2D eigenvalue weighted by atomic mass is 16.6. The molecule has 2 rings (SSSR count). The van der Waals surface area contributed by atoms with Crippen LogP contribution in [-0.2, 0) is 27.3 Å². The molecule has 1 amide bonds. The highest BCUT2D eigenvalue weighted by Crippen LogP contribution is 2.16. The predicted molar refractivity (Wildman–Crippen MR) is 111 cm³/mol. The number of nitrogens with one attached hydrogen (secondary N) is 1. The third-order valence-corrected chi connectivity index (χ3v) is 4.02. The molecule has 6 heteroatoms. The second kappa shape index (κ2) is 10.5. The van der Waals surface area contributed by atoms with Gasteiger partial charge >= 0.3 is 12.1 Å². The second-order valence-corrected chi connectivity index (χ2v) is 7.75. The first-order valence-corrected chi connectivity index (χ1v) is 9.57. The van der Waals surface area contributed by atoms with Crippen LogP contribution in [0.3, 0.4) is 0 Å². The lowest BCUT2D eigenvalue weighted by Gasteiger charge is -2.23. The summed E-state index contributed by atoms with van der Waals surface area (Å²) in [7, 11) is 1.33. The number of amides is 1. The van der Waals surface area contributed by atoms with Crippen LogP contribution in [0.4, 0.5) is 4.79 Å². The van der Waals surface area contributed by atoms with Gasteiger partial charge in [-0.3, -0.25) is 4.79 Å². The molecule has 6 nitrogen and oxygen atoms in total. The fourth-order valence-electron chi connectivity index (χ4n) is 2.68. The van der Waals surface area contributed by atoms with Crippen molar-refractivity contribution < 1.29 is 23.8 Å². The van der Waals surface area contributed by atoms with E-state index in [9.17, 15) is 9.59 Å². The van der Waals surface area contributed by atoms with E-state index in [0.717, 1.165) is 16.9 Å². The summed E-state index contributed by atoms with van der Waals surface area (Å²) < 4.78 is 15.8. The van der Waals surface area contributed by atoms with Crippen LogP contribution in [0.5, 0.6) is 5.75 Å². The Morgan fingerprint density at radius 3 is 2.21 bits per heavy atom. The predicted octanol–water partition coefficient (Wildman–Crippen LogP) is 4.26. The van der Waals surface area contributed by atoms with E-state index < -0.39 is 23.7 Å². The highest BCUT2D eigenvalue weighted by molar-refractivity contribution is 5.73. The van der Waals surface area contributed by atoms with Crippen LogP contribution in [0.25, 0.3) is 0 Å². The van der Waals surface area contributed by atoms with E-state index in [1.54, 1.807) is 20.8 Å². The van der Waals surface area contributed by atoms with Crippen LogP contribution in [0, 0.1) is 0 Å². The van der Waals surface area contributed by atoms with Crippen molar-refractivity contribution in [2.75, 3.05) is 7.11 Å². The molecule has 0 saturated heterocycles. The smallest absolute Gasteiger partial charge is 0.407 e. The molecular weight excluding hydrogens is 370 g/mol. The minimum atomic E-state index is -0.613. The molecule has 0 saturated carbocycles. The van der Waals surface area contributed by atoms with E-state index >= 15 is 0 Å². The molecule has 2 aromatic carbocycles. The third-order valence-electron chi connectivity index (χ3n) is 4.02. The van der Waals surface area contributed by atoms with E-state index in [1.165, 1.54) is 7.11 Å². The molecular formula is C23H29NO5. The van der Waals surface area contributed by atoms with Crippen LogP contribution in [-0.4, -0.2) is 30.8 Å². The van der Waals surface area contributed by atoms with Crippen LogP contribution in [0.15, 0.2) is 54.6 Å². The molecule has 0 aromatic heterocycles. The van der Waals surface area contributed by atoms with Gasteiger partial charge in [0.05, 0.1) is 13.5 Å². The Hall–Kier alpha value is -3.02. The zero-order valence-corrected chi connectivity index (χ0v) is 17.4. The molecule has 0 bridgehead atoms. The van der Waals surface area contributed by atoms with Gasteiger partial charge in [0.25, 0.3) is 0 Å². The van der Waals surface area contributed by atoms with Crippen molar-refractivity contribution in [2.24, 2.45) is 0 Å². The Bertz CT molecular complexity index is 781. The van der Waals surface area contributed by atoms with Crippen molar-refractivity contribution >= 4 is 12.1 Å². The fourth-order valence-corrected chi connectivity index (χ4v) is 2.68. The molecule has 2 aromatic rings. The lowest BCUT2D eigenvalue weighted by molar-refractivity contribution is -0.141. The van der Waals surface area contributed by atoms with Crippen molar-refractivity contribution in [3.8, 4) is 5.75 Å². The van der Waals surface area contributed by atoms with Crippen LogP contribution < -0.4 is 10.1 Å². The summed E-state index contributed by atoms with van der Waals surface area (Å²) >= 11 is 0. The van der Waals surface area contributed by atoms with Gasteiger partial charge in [-0.15, -0.1) is 0 Å². The number of methoxy groups -OCH3 is 1. The fraction of sp³-hybridized carbons (Fsp3) is 0.391. The summed E-state index contributed by atoms with van der Waals surface area (Å²) in [6.07, 6.45) is -0.0378. The molecule has 1 N–H and O–H groups in total. The van der Waals surface area contributed by atoms with E-state index in [-0.39, 0.29) is 6.42 Å². The number of benzene rings is 2. The number of rotatable bonds is 8. The van der Waals surface area contributed by atoms with Crippen LogP contribution in [0.2, 0.25) is 0 Å². The maximum atomic E-state index is 12.1. The van der Waals surface area contributed by atoms with Crippen LogP contribution >= 0.6 is 0 Å². The number of hydrogen-bond acceptors (Lipinski definition) is 5. The van der Waals surface area contributed by atoms with E-state index in [1.807, 2.05) is 54.6 Å². The normalized spacial score (nSPS) is 12.0. The summed E-state index contributed by atoms with van der Waals surface area (Å²) in [4.78, 5) is 23.8. The monoisotopic (exact) mass is 399 g/mol. The molecule has 0 aliphatic rings. The summed E-state index contributed by atoms with van der Waals surface area (Å²) in [6.45, 7) is 5.85. The molecule has 0 aliphatic heterocycles. The first kappa shape index (κ1) is 22.3. The lowest BCUT2D eigenvalue weighted by atomic mass is 10.0. The first-order chi connectivity index (χ1) is 13.7. The number of hydrogen-bond donors (Lipinski definition) is 1. The number of carbonyl (C=O) groups is 2. The Morgan fingerprint density at radius 1 is 0.966 bits per heavy atom. The van der Waals surface area contributed by atoms with Crippen molar-refractivity contribution in [2.45, 2.75) is 51.9 Å². The van der Waals surface area contributed by atoms with E-state index in [0.29, 0.717) is 13.0 Å². The summed E-state index contributed by atoms with van der Waals surface area (Å²) in [5.74, 6) is 0.357. The number of esters is 1. The average Bonchev–Trinajstić information content (AvgIpc) is 2.66. The van der Waals surface area contributed by atoms with Crippen molar-refractivity contribution in [3.05, 3.63) is 65.7 Å². The zero-order chi connectivity index (χ0) is 21.3. The molecule has 1 atom stereocenters. The van der Waals surface area contributed by atoms with Crippen molar-refractivity contribution in [1.29, 1.82) is 0 Å². The second-order valence-electron chi connectivity index (χ2n) is 7.75. The molecule has 0 heterocycles. The maximum Gasteiger partial charge on any atom is 0.407 e. The quantitative estimate of drug-likeness (QED) is 0.671. The third kappa shape index (κ3) is 8.68. The number of alkyl carbamates (subject to hydrolysis) is 1. The van der Waals surface area contributed by atoms with Gasteiger partial charge in [-0.1, -0.05) is 42.5 Å². The highest BCUT2D eigenvalue weighted by Gasteiger charge is 2.22. The molecule has 0 unspecified atom stereocenters. The minimum absolute atomic E-state index is 0.0575. The molecule has 0 aliphatic carbocycles. The van der Waals surface area contributed by atoms with Gasteiger partial charge in [-0.05, 0) is 50.5 Å². The lowest BCUT2D eigenvalue weighted by Crippen LogP contribution is -2.41. The van der Waals surface area contributed by atoms with Crippen LogP contribution in [0.1, 0.15) is 38.3 Å². The zero-order valence-electron chi connectivity index (χ0n) is 17.4. The summed E-state index contributed by atoms with van der Waals surface area (Å²) in [5, 5.41) is 2.76. The Balaban J connectivity index is 1.96. The Kier molecular flexibility index (Phi) is 8.07. The topological polar surface area (TPSA) is 73.9 Å². The molecule has 0 fully saturated rings.